The van der Waals surface area contributed by atoms with Crippen LogP contribution in [0, 0.1) is 11.8 Å². The highest BCUT2D eigenvalue weighted by Gasteiger charge is 2.16. The second kappa shape index (κ2) is 7.17. The highest BCUT2D eigenvalue weighted by molar-refractivity contribution is 7.12. The molecule has 1 aliphatic rings. The maximum atomic E-state index is 11.7. The summed E-state index contributed by atoms with van der Waals surface area (Å²) in [5.74, 6) is 5.81. The number of hydrogen-bond acceptors (Lipinski definition) is 3. The van der Waals surface area contributed by atoms with Crippen molar-refractivity contribution in [2.45, 2.75) is 38.3 Å². The summed E-state index contributed by atoms with van der Waals surface area (Å²) in [7, 11) is 0. The number of hydrogen-bond donors (Lipinski definition) is 3. The Labute approximate surface area is 117 Å². The van der Waals surface area contributed by atoms with Gasteiger partial charge in [0.15, 0.2) is 0 Å². The summed E-state index contributed by atoms with van der Waals surface area (Å²) < 4.78 is 0. The third kappa shape index (κ3) is 4.58. The van der Waals surface area contributed by atoms with Crippen LogP contribution in [0.3, 0.4) is 0 Å². The van der Waals surface area contributed by atoms with Gasteiger partial charge in [-0.1, -0.05) is 24.7 Å². The first-order valence-electron chi connectivity index (χ1n) is 6.60. The van der Waals surface area contributed by atoms with Crippen molar-refractivity contribution >= 4 is 17.4 Å². The lowest BCUT2D eigenvalue weighted by atomic mass is 10.2. The van der Waals surface area contributed by atoms with E-state index in [2.05, 4.69) is 22.5 Å². The van der Waals surface area contributed by atoms with Gasteiger partial charge in [0, 0.05) is 10.9 Å². The van der Waals surface area contributed by atoms with Crippen LogP contribution < -0.4 is 16.4 Å². The molecule has 102 valence electrons. The molecule has 0 atom stereocenters. The van der Waals surface area contributed by atoms with Gasteiger partial charge < -0.3 is 16.4 Å². The molecule has 0 unspecified atom stereocenters. The molecule has 0 aromatic carbocycles. The molecule has 0 aliphatic heterocycles. The van der Waals surface area contributed by atoms with Gasteiger partial charge in [0.1, 0.15) is 0 Å². The molecular formula is C14H19N3OS. The SMILES string of the molecule is NCC#Cc1ccc(CNC(=O)NC2CCCC2)s1. The predicted molar refractivity (Wildman–Crippen MR) is 77.9 cm³/mol. The number of urea groups is 1. The number of thiophene rings is 1. The highest BCUT2D eigenvalue weighted by Crippen LogP contribution is 2.17. The molecule has 2 amide bonds. The van der Waals surface area contributed by atoms with E-state index >= 15 is 0 Å². The molecule has 19 heavy (non-hydrogen) atoms. The third-order valence-corrected chi connectivity index (χ3v) is 4.09. The van der Waals surface area contributed by atoms with Crippen molar-refractivity contribution in [3.05, 3.63) is 21.9 Å². The zero-order chi connectivity index (χ0) is 13.5. The Morgan fingerprint density at radius 1 is 1.42 bits per heavy atom. The average molecular weight is 277 g/mol. The van der Waals surface area contributed by atoms with Crippen molar-refractivity contribution in [3.8, 4) is 11.8 Å². The monoisotopic (exact) mass is 277 g/mol. The van der Waals surface area contributed by atoms with Crippen molar-refractivity contribution in [2.75, 3.05) is 6.54 Å². The second-order valence-electron chi connectivity index (χ2n) is 4.58. The minimum atomic E-state index is -0.0742. The topological polar surface area (TPSA) is 67.1 Å². The number of nitrogens with two attached hydrogens (primary N) is 1. The van der Waals surface area contributed by atoms with E-state index in [1.807, 2.05) is 12.1 Å². The number of carbonyl (C=O) groups is 1. The molecule has 1 aliphatic carbocycles. The number of nitrogens with one attached hydrogen (secondary N) is 2. The normalized spacial score (nSPS) is 14.8. The smallest absolute Gasteiger partial charge is 0.315 e. The molecule has 0 bridgehead atoms. The summed E-state index contributed by atoms with van der Waals surface area (Å²) in [6.07, 6.45) is 4.65. The molecule has 1 heterocycles. The van der Waals surface area contributed by atoms with E-state index in [1.165, 1.54) is 12.8 Å². The van der Waals surface area contributed by atoms with Crippen LogP contribution in [0.1, 0.15) is 35.4 Å². The van der Waals surface area contributed by atoms with Gasteiger partial charge >= 0.3 is 6.03 Å². The van der Waals surface area contributed by atoms with E-state index in [1.54, 1.807) is 11.3 Å². The van der Waals surface area contributed by atoms with Gasteiger partial charge in [-0.3, -0.25) is 0 Å². The van der Waals surface area contributed by atoms with Crippen molar-refractivity contribution in [1.29, 1.82) is 0 Å². The van der Waals surface area contributed by atoms with Crippen LogP contribution in [0.4, 0.5) is 4.79 Å². The molecule has 4 nitrogen and oxygen atoms in total. The Balaban J connectivity index is 1.75. The molecule has 0 spiro atoms. The summed E-state index contributed by atoms with van der Waals surface area (Å²) in [6, 6.07) is 4.23. The number of carbonyl (C=O) groups excluding carboxylic acids is 1. The lowest BCUT2D eigenvalue weighted by molar-refractivity contribution is 0.237. The summed E-state index contributed by atoms with van der Waals surface area (Å²) in [5, 5.41) is 5.88. The van der Waals surface area contributed by atoms with E-state index in [0.717, 1.165) is 22.6 Å². The van der Waals surface area contributed by atoms with Crippen LogP contribution in [0.15, 0.2) is 12.1 Å². The minimum Gasteiger partial charge on any atom is -0.335 e. The molecular weight excluding hydrogens is 258 g/mol. The fraction of sp³-hybridized carbons (Fsp3) is 0.500. The molecule has 2 rings (SSSR count). The summed E-state index contributed by atoms with van der Waals surface area (Å²) in [4.78, 5) is 13.8. The Bertz CT molecular complexity index is 480. The fourth-order valence-electron chi connectivity index (χ4n) is 2.15. The van der Waals surface area contributed by atoms with Crippen LogP contribution in [-0.4, -0.2) is 18.6 Å². The van der Waals surface area contributed by atoms with Gasteiger partial charge in [-0.25, -0.2) is 4.79 Å². The van der Waals surface area contributed by atoms with Gasteiger partial charge in [-0.05, 0) is 25.0 Å². The molecule has 4 N–H and O–H groups in total. The van der Waals surface area contributed by atoms with E-state index in [-0.39, 0.29) is 6.03 Å². The minimum absolute atomic E-state index is 0.0742. The predicted octanol–water partition coefficient (Wildman–Crippen LogP) is 1.80. The largest absolute Gasteiger partial charge is 0.335 e. The van der Waals surface area contributed by atoms with Gasteiger partial charge in [-0.2, -0.15) is 0 Å². The Kier molecular flexibility index (Phi) is 5.25. The molecule has 1 aromatic rings. The lowest BCUT2D eigenvalue weighted by Gasteiger charge is -2.12. The molecule has 5 heteroatoms. The van der Waals surface area contributed by atoms with Crippen LogP contribution in [0.25, 0.3) is 0 Å². The van der Waals surface area contributed by atoms with E-state index in [4.69, 9.17) is 5.73 Å². The molecule has 0 saturated heterocycles. The number of amides is 2. The first kappa shape index (κ1) is 13.9. The van der Waals surface area contributed by atoms with Crippen molar-refractivity contribution in [1.82, 2.24) is 10.6 Å². The Morgan fingerprint density at radius 3 is 2.95 bits per heavy atom. The zero-order valence-electron chi connectivity index (χ0n) is 10.9. The number of rotatable bonds is 3. The lowest BCUT2D eigenvalue weighted by Crippen LogP contribution is -2.40. The van der Waals surface area contributed by atoms with Gasteiger partial charge in [0.25, 0.3) is 0 Å². The van der Waals surface area contributed by atoms with Gasteiger partial charge in [0.05, 0.1) is 18.0 Å². The first-order chi connectivity index (χ1) is 9.28. The van der Waals surface area contributed by atoms with Crippen molar-refractivity contribution in [3.63, 3.8) is 0 Å². The first-order valence-corrected chi connectivity index (χ1v) is 7.41. The highest BCUT2D eigenvalue weighted by atomic mass is 32.1. The molecule has 0 radical (unpaired) electrons. The summed E-state index contributed by atoms with van der Waals surface area (Å²) >= 11 is 1.59. The van der Waals surface area contributed by atoms with Crippen molar-refractivity contribution < 1.29 is 4.79 Å². The fourth-order valence-corrected chi connectivity index (χ4v) is 2.97. The van der Waals surface area contributed by atoms with Crippen LogP contribution in [0.2, 0.25) is 0 Å². The Hall–Kier alpha value is -1.51. The molecule has 1 fully saturated rings. The van der Waals surface area contributed by atoms with Crippen LogP contribution in [0.5, 0.6) is 0 Å². The van der Waals surface area contributed by atoms with E-state index in [0.29, 0.717) is 19.1 Å². The quantitative estimate of drug-likeness (QED) is 0.738. The van der Waals surface area contributed by atoms with Crippen molar-refractivity contribution in [2.24, 2.45) is 5.73 Å². The Morgan fingerprint density at radius 2 is 2.21 bits per heavy atom. The maximum Gasteiger partial charge on any atom is 0.315 e. The van der Waals surface area contributed by atoms with E-state index in [9.17, 15) is 4.79 Å². The molecule has 1 saturated carbocycles. The van der Waals surface area contributed by atoms with Gasteiger partial charge in [0.2, 0.25) is 0 Å². The van der Waals surface area contributed by atoms with E-state index < -0.39 is 0 Å². The summed E-state index contributed by atoms with van der Waals surface area (Å²) in [5.41, 5.74) is 5.33. The maximum absolute atomic E-state index is 11.7. The average Bonchev–Trinajstić information content (AvgIpc) is 3.05. The third-order valence-electron chi connectivity index (χ3n) is 3.09. The van der Waals surface area contributed by atoms with Gasteiger partial charge in [-0.15, -0.1) is 11.3 Å². The molecule has 1 aromatic heterocycles. The second-order valence-corrected chi connectivity index (χ2v) is 5.75. The zero-order valence-corrected chi connectivity index (χ0v) is 11.7. The summed E-state index contributed by atoms with van der Waals surface area (Å²) in [6.45, 7) is 0.919. The van der Waals surface area contributed by atoms with Crippen LogP contribution >= 0.6 is 11.3 Å². The standard InChI is InChI=1S/C14H19N3OS/c15-9-3-6-12-7-8-13(19-12)10-16-14(18)17-11-4-1-2-5-11/h7-8,11H,1-2,4-5,9-10,15H2,(H2,16,17,18). The van der Waals surface area contributed by atoms with Crippen LogP contribution in [-0.2, 0) is 6.54 Å².